The molecule has 0 radical (unpaired) electrons. The number of nitrogens with one attached hydrogen (secondary N) is 1. The van der Waals surface area contributed by atoms with Gasteiger partial charge in [0.25, 0.3) is 5.91 Å². The highest BCUT2D eigenvalue weighted by Crippen LogP contribution is 2.33. The van der Waals surface area contributed by atoms with Crippen molar-refractivity contribution in [2.75, 3.05) is 33.1 Å². The average Bonchev–Trinajstić information content (AvgIpc) is 2.74. The summed E-state index contributed by atoms with van der Waals surface area (Å²) in [6.07, 6.45) is 0.977. The maximum atomic E-state index is 12.9. The van der Waals surface area contributed by atoms with E-state index in [1.54, 1.807) is 14.2 Å². The van der Waals surface area contributed by atoms with E-state index in [9.17, 15) is 13.2 Å². The number of hydrogen-bond donors (Lipinski definition) is 1. The number of amides is 1. The Morgan fingerprint density at radius 1 is 1.00 bits per heavy atom. The van der Waals surface area contributed by atoms with Gasteiger partial charge in [-0.25, -0.2) is 8.42 Å². The highest BCUT2D eigenvalue weighted by Gasteiger charge is 2.27. The van der Waals surface area contributed by atoms with Crippen LogP contribution in [-0.2, 0) is 23.0 Å². The fraction of sp³-hybridized carbons (Fsp3) is 0.458. The molecule has 0 atom stereocenters. The highest BCUT2D eigenvalue weighted by atomic mass is 32.2. The van der Waals surface area contributed by atoms with Gasteiger partial charge in [0.05, 0.1) is 20.0 Å². The minimum atomic E-state index is -3.44. The summed E-state index contributed by atoms with van der Waals surface area (Å²) in [5.41, 5.74) is 5.62. The molecule has 8 heteroatoms. The van der Waals surface area contributed by atoms with Gasteiger partial charge in [0, 0.05) is 25.2 Å². The Morgan fingerprint density at radius 2 is 1.59 bits per heavy atom. The lowest BCUT2D eigenvalue weighted by molar-refractivity contribution is 0.0952. The van der Waals surface area contributed by atoms with Crippen molar-refractivity contribution in [2.24, 2.45) is 0 Å². The Bertz CT molecular complexity index is 1090. The number of fused-ring (bicyclic) bond motifs is 1. The van der Waals surface area contributed by atoms with E-state index < -0.39 is 10.0 Å². The Kier molecular flexibility index (Phi) is 7.46. The predicted octanol–water partition coefficient (Wildman–Crippen LogP) is 3.14. The van der Waals surface area contributed by atoms with Gasteiger partial charge in [-0.2, -0.15) is 4.31 Å². The smallest absolute Gasteiger partial charge is 0.251 e. The van der Waals surface area contributed by atoms with Crippen LogP contribution in [0.3, 0.4) is 0 Å². The third-order valence-corrected chi connectivity index (χ3v) is 7.75. The molecule has 174 valence electrons. The summed E-state index contributed by atoms with van der Waals surface area (Å²) >= 11 is 0. The number of nitrogens with zero attached hydrogens (tertiary/aromatic N) is 1. The number of aryl methyl sites for hydroxylation is 3. The van der Waals surface area contributed by atoms with Crippen molar-refractivity contribution in [3.05, 3.63) is 57.6 Å². The van der Waals surface area contributed by atoms with E-state index in [0.717, 1.165) is 27.8 Å². The van der Waals surface area contributed by atoms with Gasteiger partial charge >= 0.3 is 0 Å². The molecule has 1 aliphatic heterocycles. The molecule has 1 N–H and O–H groups in total. The maximum Gasteiger partial charge on any atom is 0.251 e. The van der Waals surface area contributed by atoms with Gasteiger partial charge in [-0.15, -0.1) is 0 Å². The van der Waals surface area contributed by atoms with Gasteiger partial charge in [0.15, 0.2) is 11.5 Å². The molecule has 0 aromatic heterocycles. The Hall–Kier alpha value is -2.58. The van der Waals surface area contributed by atoms with Crippen molar-refractivity contribution in [1.82, 2.24) is 9.62 Å². The summed E-state index contributed by atoms with van der Waals surface area (Å²) in [6.45, 7) is 6.87. The van der Waals surface area contributed by atoms with Crippen LogP contribution in [0.25, 0.3) is 0 Å². The van der Waals surface area contributed by atoms with E-state index in [1.165, 1.54) is 4.31 Å². The van der Waals surface area contributed by atoms with Crippen LogP contribution in [0, 0.1) is 20.8 Å². The van der Waals surface area contributed by atoms with Crippen molar-refractivity contribution in [1.29, 1.82) is 0 Å². The minimum Gasteiger partial charge on any atom is -0.493 e. The molecule has 0 saturated carbocycles. The summed E-state index contributed by atoms with van der Waals surface area (Å²) in [7, 11) is -0.284. The van der Waals surface area contributed by atoms with E-state index in [2.05, 4.69) is 5.32 Å². The Labute approximate surface area is 190 Å². The second kappa shape index (κ2) is 9.92. The molecule has 1 amide bonds. The lowest BCUT2D eigenvalue weighted by Crippen LogP contribution is -2.38. The zero-order valence-electron chi connectivity index (χ0n) is 19.4. The molecule has 0 fully saturated rings. The second-order valence-electron chi connectivity index (χ2n) is 8.26. The van der Waals surface area contributed by atoms with E-state index in [4.69, 9.17) is 9.47 Å². The molecule has 1 heterocycles. The number of carbonyl (C=O) groups is 1. The first-order valence-electron chi connectivity index (χ1n) is 10.7. The number of hydrogen-bond acceptors (Lipinski definition) is 5. The van der Waals surface area contributed by atoms with E-state index in [0.29, 0.717) is 49.5 Å². The monoisotopic (exact) mass is 460 g/mol. The van der Waals surface area contributed by atoms with Gasteiger partial charge in [-0.05, 0) is 68.0 Å². The molecule has 0 saturated heterocycles. The largest absolute Gasteiger partial charge is 0.493 e. The summed E-state index contributed by atoms with van der Waals surface area (Å²) in [5.74, 6) is 1.07. The fourth-order valence-electron chi connectivity index (χ4n) is 4.31. The number of methoxy groups -OCH3 is 2. The van der Waals surface area contributed by atoms with Gasteiger partial charge in [0.2, 0.25) is 10.0 Å². The first-order valence-corrected chi connectivity index (χ1v) is 12.3. The molecule has 3 rings (SSSR count). The van der Waals surface area contributed by atoms with Crippen molar-refractivity contribution in [3.8, 4) is 11.5 Å². The highest BCUT2D eigenvalue weighted by molar-refractivity contribution is 7.89. The average molecular weight is 461 g/mol. The van der Waals surface area contributed by atoms with Crippen LogP contribution in [-0.4, -0.2) is 51.7 Å². The lowest BCUT2D eigenvalue weighted by Gasteiger charge is -2.29. The van der Waals surface area contributed by atoms with Crippen molar-refractivity contribution in [3.63, 3.8) is 0 Å². The molecule has 7 nitrogen and oxygen atoms in total. The summed E-state index contributed by atoms with van der Waals surface area (Å²) < 4.78 is 38.0. The second-order valence-corrected chi connectivity index (χ2v) is 10.3. The third-order valence-electron chi connectivity index (χ3n) is 5.85. The lowest BCUT2D eigenvalue weighted by atomic mass is 9.99. The summed E-state index contributed by atoms with van der Waals surface area (Å²) in [5, 5.41) is 2.87. The normalized spacial score (nSPS) is 14.0. The minimum absolute atomic E-state index is 0.0121. The molecule has 2 aromatic rings. The standard InChI is InChI=1S/C24H32N2O5S/c1-16-11-17(2)23(18(3)12-16)24(27)25-8-6-10-32(28,29)26-9-7-19-13-21(30-4)22(31-5)14-20(19)15-26/h11-14H,6-10,15H2,1-5H3,(H,25,27). The van der Waals surface area contributed by atoms with Crippen LogP contribution < -0.4 is 14.8 Å². The number of rotatable bonds is 8. The third kappa shape index (κ3) is 5.24. The zero-order chi connectivity index (χ0) is 23.5. The van der Waals surface area contributed by atoms with Gasteiger partial charge in [-0.3, -0.25) is 4.79 Å². The topological polar surface area (TPSA) is 84.9 Å². The predicted molar refractivity (Wildman–Crippen MR) is 125 cm³/mol. The van der Waals surface area contributed by atoms with Crippen LogP contribution in [0.4, 0.5) is 0 Å². The summed E-state index contributed by atoms with van der Waals surface area (Å²) in [6, 6.07) is 7.72. The van der Waals surface area contributed by atoms with E-state index in [1.807, 2.05) is 45.0 Å². The SMILES string of the molecule is COc1cc2c(cc1OC)CN(S(=O)(=O)CCCNC(=O)c1c(C)cc(C)cc1C)CC2. The summed E-state index contributed by atoms with van der Waals surface area (Å²) in [4.78, 5) is 12.6. The van der Waals surface area contributed by atoms with Gasteiger partial charge < -0.3 is 14.8 Å². The number of benzene rings is 2. The van der Waals surface area contributed by atoms with Crippen LogP contribution in [0.1, 0.15) is 44.6 Å². The van der Waals surface area contributed by atoms with Gasteiger partial charge in [-0.1, -0.05) is 17.7 Å². The number of sulfonamides is 1. The Balaban J connectivity index is 1.58. The van der Waals surface area contributed by atoms with Crippen LogP contribution in [0.15, 0.2) is 24.3 Å². The molecule has 1 aliphatic rings. The van der Waals surface area contributed by atoms with Crippen LogP contribution in [0.2, 0.25) is 0 Å². The van der Waals surface area contributed by atoms with Crippen molar-refractivity contribution >= 4 is 15.9 Å². The molecular formula is C24H32N2O5S. The van der Waals surface area contributed by atoms with Crippen molar-refractivity contribution in [2.45, 2.75) is 40.2 Å². The van der Waals surface area contributed by atoms with Crippen LogP contribution in [0.5, 0.6) is 11.5 Å². The Morgan fingerprint density at radius 3 is 2.19 bits per heavy atom. The number of carbonyl (C=O) groups excluding carboxylic acids is 1. The van der Waals surface area contributed by atoms with Crippen molar-refractivity contribution < 1.29 is 22.7 Å². The van der Waals surface area contributed by atoms with Crippen LogP contribution >= 0.6 is 0 Å². The maximum absolute atomic E-state index is 12.9. The van der Waals surface area contributed by atoms with E-state index >= 15 is 0 Å². The molecular weight excluding hydrogens is 428 g/mol. The quantitative estimate of drug-likeness (QED) is 0.612. The zero-order valence-corrected chi connectivity index (χ0v) is 20.3. The first kappa shape index (κ1) is 24.1. The molecule has 0 bridgehead atoms. The number of ether oxygens (including phenoxy) is 2. The molecule has 0 spiro atoms. The molecule has 2 aromatic carbocycles. The van der Waals surface area contributed by atoms with E-state index in [-0.39, 0.29) is 11.7 Å². The molecule has 0 unspecified atom stereocenters. The first-order chi connectivity index (χ1) is 15.2. The fourth-order valence-corrected chi connectivity index (χ4v) is 5.78. The van der Waals surface area contributed by atoms with Gasteiger partial charge in [0.1, 0.15) is 0 Å². The molecule has 0 aliphatic carbocycles. The molecule has 32 heavy (non-hydrogen) atoms.